The maximum absolute atomic E-state index is 6.32. The van der Waals surface area contributed by atoms with Crippen LogP contribution in [0.4, 0.5) is 0 Å². The van der Waals surface area contributed by atoms with Crippen molar-refractivity contribution < 1.29 is 0 Å². The molecule has 2 nitrogen and oxygen atoms in total. The summed E-state index contributed by atoms with van der Waals surface area (Å²) in [6.07, 6.45) is 4.88. The Morgan fingerprint density at radius 3 is 2.73 bits per heavy atom. The van der Waals surface area contributed by atoms with E-state index in [2.05, 4.69) is 35.6 Å². The lowest BCUT2D eigenvalue weighted by molar-refractivity contribution is 0.238. The minimum atomic E-state index is 0.0736. The van der Waals surface area contributed by atoms with Crippen LogP contribution in [0, 0.1) is 0 Å². The van der Waals surface area contributed by atoms with Gasteiger partial charge >= 0.3 is 0 Å². The van der Waals surface area contributed by atoms with E-state index in [0.717, 1.165) is 6.42 Å². The van der Waals surface area contributed by atoms with Crippen LogP contribution in [0.2, 0.25) is 0 Å². The molecular formula is C13H18N2. The van der Waals surface area contributed by atoms with Crippen LogP contribution in [0.5, 0.6) is 0 Å². The molecule has 2 saturated heterocycles. The highest BCUT2D eigenvalue weighted by Crippen LogP contribution is 2.42. The van der Waals surface area contributed by atoms with Crippen molar-refractivity contribution in [2.75, 3.05) is 0 Å². The average Bonchev–Trinajstić information content (AvgIpc) is 2.66. The molecule has 3 atom stereocenters. The first-order valence-corrected chi connectivity index (χ1v) is 5.90. The van der Waals surface area contributed by atoms with Gasteiger partial charge in [0.1, 0.15) is 0 Å². The Labute approximate surface area is 90.9 Å². The van der Waals surface area contributed by atoms with Gasteiger partial charge in [-0.3, -0.25) is 0 Å². The van der Waals surface area contributed by atoms with Gasteiger partial charge in [-0.05, 0) is 31.2 Å². The van der Waals surface area contributed by atoms with Crippen LogP contribution in [0.25, 0.3) is 0 Å². The first-order chi connectivity index (χ1) is 7.31. The van der Waals surface area contributed by atoms with E-state index in [1.807, 2.05) is 0 Å². The molecule has 80 valence electrons. The van der Waals surface area contributed by atoms with E-state index in [0.29, 0.717) is 6.04 Å². The van der Waals surface area contributed by atoms with Crippen LogP contribution < -0.4 is 11.1 Å². The molecular weight excluding hydrogens is 184 g/mol. The fourth-order valence-corrected chi connectivity index (χ4v) is 3.22. The van der Waals surface area contributed by atoms with E-state index in [-0.39, 0.29) is 11.6 Å². The zero-order chi connectivity index (χ0) is 10.3. The van der Waals surface area contributed by atoms with Crippen molar-refractivity contribution >= 4 is 0 Å². The second-order valence-electron chi connectivity index (χ2n) is 4.90. The molecule has 3 N–H and O–H groups in total. The van der Waals surface area contributed by atoms with Crippen molar-refractivity contribution in [3.63, 3.8) is 0 Å². The number of piperidine rings is 1. The minimum absolute atomic E-state index is 0.0736. The Morgan fingerprint density at radius 1 is 1.13 bits per heavy atom. The predicted octanol–water partition coefficient (Wildman–Crippen LogP) is 1.75. The van der Waals surface area contributed by atoms with Crippen LogP contribution >= 0.6 is 0 Å². The lowest BCUT2D eigenvalue weighted by Crippen LogP contribution is -2.57. The highest BCUT2D eigenvalue weighted by molar-refractivity contribution is 5.30. The molecule has 0 unspecified atom stereocenters. The number of rotatable bonds is 1. The van der Waals surface area contributed by atoms with Crippen molar-refractivity contribution in [3.05, 3.63) is 35.9 Å². The fraction of sp³-hybridized carbons (Fsp3) is 0.538. The molecule has 1 aromatic rings. The first kappa shape index (κ1) is 9.37. The average molecular weight is 202 g/mol. The Hall–Kier alpha value is -0.860. The Kier molecular flexibility index (Phi) is 2.08. The predicted molar refractivity (Wildman–Crippen MR) is 61.5 cm³/mol. The monoisotopic (exact) mass is 202 g/mol. The van der Waals surface area contributed by atoms with Crippen molar-refractivity contribution in [2.24, 2.45) is 5.73 Å². The van der Waals surface area contributed by atoms with E-state index in [1.54, 1.807) is 0 Å². The van der Waals surface area contributed by atoms with Gasteiger partial charge in [-0.2, -0.15) is 0 Å². The third-order valence-electron chi connectivity index (χ3n) is 4.10. The molecule has 0 saturated carbocycles. The lowest BCUT2D eigenvalue weighted by atomic mass is 9.79. The second-order valence-corrected chi connectivity index (χ2v) is 4.90. The molecule has 2 bridgehead atoms. The Balaban J connectivity index is 2.02. The highest BCUT2D eigenvalue weighted by atomic mass is 15.1. The molecule has 2 heteroatoms. The standard InChI is InChI=1S/C13H18N2/c14-12-7-6-11-8-9-13(12,15-11)10-4-2-1-3-5-10/h1-5,11-12,15H,6-9,14H2/t11-,12+,13+/m0/s1. The second kappa shape index (κ2) is 3.32. The number of benzene rings is 1. The summed E-state index contributed by atoms with van der Waals surface area (Å²) in [5.41, 5.74) is 7.77. The zero-order valence-electron chi connectivity index (χ0n) is 8.95. The van der Waals surface area contributed by atoms with Crippen molar-refractivity contribution in [1.82, 2.24) is 5.32 Å². The van der Waals surface area contributed by atoms with E-state index in [9.17, 15) is 0 Å². The fourth-order valence-electron chi connectivity index (χ4n) is 3.22. The van der Waals surface area contributed by atoms with Crippen LogP contribution in [0.15, 0.2) is 30.3 Å². The van der Waals surface area contributed by atoms with Gasteiger partial charge < -0.3 is 11.1 Å². The molecule has 2 heterocycles. The van der Waals surface area contributed by atoms with Crippen molar-refractivity contribution in [1.29, 1.82) is 0 Å². The summed E-state index contributed by atoms with van der Waals surface area (Å²) in [5.74, 6) is 0. The molecule has 15 heavy (non-hydrogen) atoms. The van der Waals surface area contributed by atoms with E-state index in [4.69, 9.17) is 5.73 Å². The van der Waals surface area contributed by atoms with E-state index in [1.165, 1.54) is 24.8 Å². The SMILES string of the molecule is N[C@@H]1CC[C@H]2CC[C@]1(c1ccccc1)N2. The number of nitrogens with two attached hydrogens (primary N) is 1. The van der Waals surface area contributed by atoms with Gasteiger partial charge in [-0.1, -0.05) is 30.3 Å². The van der Waals surface area contributed by atoms with Gasteiger partial charge in [0.2, 0.25) is 0 Å². The van der Waals surface area contributed by atoms with Gasteiger partial charge in [0.15, 0.2) is 0 Å². The summed E-state index contributed by atoms with van der Waals surface area (Å²) in [5, 5.41) is 3.74. The molecule has 3 rings (SSSR count). The minimum Gasteiger partial charge on any atom is -0.326 e. The van der Waals surface area contributed by atoms with Crippen LogP contribution in [0.1, 0.15) is 31.2 Å². The Morgan fingerprint density at radius 2 is 1.93 bits per heavy atom. The quantitative estimate of drug-likeness (QED) is 0.728. The molecule has 2 fully saturated rings. The molecule has 2 aliphatic rings. The van der Waals surface area contributed by atoms with Crippen molar-refractivity contribution in [2.45, 2.75) is 43.3 Å². The van der Waals surface area contributed by atoms with Crippen LogP contribution in [0.3, 0.4) is 0 Å². The molecule has 0 amide bonds. The molecule has 2 aliphatic heterocycles. The number of hydrogen-bond acceptors (Lipinski definition) is 2. The number of nitrogens with one attached hydrogen (secondary N) is 1. The van der Waals surface area contributed by atoms with Crippen LogP contribution in [-0.4, -0.2) is 12.1 Å². The molecule has 0 aliphatic carbocycles. The summed E-state index contributed by atoms with van der Waals surface area (Å²) < 4.78 is 0. The third kappa shape index (κ3) is 1.32. The summed E-state index contributed by atoms with van der Waals surface area (Å²) >= 11 is 0. The number of hydrogen-bond donors (Lipinski definition) is 2. The van der Waals surface area contributed by atoms with Crippen molar-refractivity contribution in [3.8, 4) is 0 Å². The first-order valence-electron chi connectivity index (χ1n) is 5.90. The maximum atomic E-state index is 6.32. The lowest BCUT2D eigenvalue weighted by Gasteiger charge is -2.40. The normalized spacial score (nSPS) is 39.3. The molecule has 0 aromatic heterocycles. The Bertz CT molecular complexity index is 349. The van der Waals surface area contributed by atoms with Gasteiger partial charge in [0.05, 0.1) is 5.54 Å². The van der Waals surface area contributed by atoms with Gasteiger partial charge in [0, 0.05) is 12.1 Å². The molecule has 0 spiro atoms. The smallest absolute Gasteiger partial charge is 0.0590 e. The van der Waals surface area contributed by atoms with Crippen LogP contribution in [-0.2, 0) is 5.54 Å². The van der Waals surface area contributed by atoms with Gasteiger partial charge in [-0.25, -0.2) is 0 Å². The van der Waals surface area contributed by atoms with Gasteiger partial charge in [0.25, 0.3) is 0 Å². The van der Waals surface area contributed by atoms with Gasteiger partial charge in [-0.15, -0.1) is 0 Å². The van der Waals surface area contributed by atoms with E-state index >= 15 is 0 Å². The summed E-state index contributed by atoms with van der Waals surface area (Å²) in [6.45, 7) is 0. The summed E-state index contributed by atoms with van der Waals surface area (Å²) in [6, 6.07) is 11.7. The maximum Gasteiger partial charge on any atom is 0.0590 e. The largest absolute Gasteiger partial charge is 0.326 e. The van der Waals surface area contributed by atoms with E-state index < -0.39 is 0 Å². The highest BCUT2D eigenvalue weighted by Gasteiger charge is 2.47. The molecule has 0 radical (unpaired) electrons. The topological polar surface area (TPSA) is 38.0 Å². The molecule has 1 aromatic carbocycles. The summed E-state index contributed by atoms with van der Waals surface area (Å²) in [7, 11) is 0. The summed E-state index contributed by atoms with van der Waals surface area (Å²) in [4.78, 5) is 0. The zero-order valence-corrected chi connectivity index (χ0v) is 8.95. The number of fused-ring (bicyclic) bond motifs is 2. The third-order valence-corrected chi connectivity index (χ3v) is 4.10.